The van der Waals surface area contributed by atoms with Gasteiger partial charge in [-0.2, -0.15) is 0 Å². The van der Waals surface area contributed by atoms with Crippen molar-refractivity contribution in [1.29, 1.82) is 0 Å². The summed E-state index contributed by atoms with van der Waals surface area (Å²) in [5, 5.41) is 6.69. The molecule has 0 bridgehead atoms. The van der Waals surface area contributed by atoms with Gasteiger partial charge in [-0.05, 0) is 25.9 Å². The van der Waals surface area contributed by atoms with Crippen LogP contribution in [0.4, 0.5) is 11.5 Å². The normalized spacial score (nSPS) is 21.2. The van der Waals surface area contributed by atoms with Crippen LogP contribution < -0.4 is 15.5 Å². The minimum Gasteiger partial charge on any atom is -0.351 e. The smallest absolute Gasteiger partial charge is 0.154 e. The first-order valence-corrected chi connectivity index (χ1v) is 5.46. The van der Waals surface area contributed by atoms with Crippen LogP contribution in [-0.2, 0) is 0 Å². The van der Waals surface area contributed by atoms with Gasteiger partial charge in [-0.15, -0.1) is 0 Å². The van der Waals surface area contributed by atoms with Crippen molar-refractivity contribution >= 4 is 11.5 Å². The molecular formula is C10H15N5. The van der Waals surface area contributed by atoms with Crippen LogP contribution in [0.3, 0.4) is 0 Å². The molecule has 0 unspecified atom stereocenters. The predicted octanol–water partition coefficient (Wildman–Crippen LogP) is 0.418. The van der Waals surface area contributed by atoms with E-state index < -0.39 is 0 Å². The number of fused-ring (bicyclic) bond motifs is 1. The van der Waals surface area contributed by atoms with Gasteiger partial charge in [0.15, 0.2) is 5.82 Å². The molecule has 80 valence electrons. The van der Waals surface area contributed by atoms with Crippen LogP contribution in [0.15, 0.2) is 12.5 Å². The highest BCUT2D eigenvalue weighted by Gasteiger charge is 2.27. The monoisotopic (exact) mass is 205 g/mol. The summed E-state index contributed by atoms with van der Waals surface area (Å²) in [6, 6.07) is 0.631. The Morgan fingerprint density at radius 2 is 2.20 bits per heavy atom. The molecule has 0 aliphatic carbocycles. The zero-order chi connectivity index (χ0) is 10.1. The standard InChI is InChI=1S/C10H15N5/c1-3-11-4-2-8(1)15-7-14-10-9(15)5-12-6-13-10/h5-6,8,11H,1-4,7H2,(H,12,13,14). The number of nitrogens with zero attached hydrogens (tertiary/aromatic N) is 3. The fourth-order valence-corrected chi connectivity index (χ4v) is 2.36. The van der Waals surface area contributed by atoms with Gasteiger partial charge in [0, 0.05) is 6.04 Å². The van der Waals surface area contributed by atoms with Crippen LogP contribution >= 0.6 is 0 Å². The zero-order valence-electron chi connectivity index (χ0n) is 8.61. The summed E-state index contributed by atoms with van der Waals surface area (Å²) in [6.45, 7) is 3.10. The number of aromatic nitrogens is 2. The average Bonchev–Trinajstić information content (AvgIpc) is 2.74. The lowest BCUT2D eigenvalue weighted by Gasteiger charge is -2.32. The van der Waals surface area contributed by atoms with Crippen molar-refractivity contribution in [2.75, 3.05) is 30.0 Å². The third kappa shape index (κ3) is 1.52. The molecular weight excluding hydrogens is 190 g/mol. The molecule has 15 heavy (non-hydrogen) atoms. The molecule has 3 rings (SSSR count). The third-order valence-electron chi connectivity index (χ3n) is 3.17. The minimum absolute atomic E-state index is 0.631. The molecule has 0 aromatic carbocycles. The minimum atomic E-state index is 0.631. The molecule has 2 aliphatic rings. The number of anilines is 2. The van der Waals surface area contributed by atoms with Crippen molar-refractivity contribution in [1.82, 2.24) is 15.3 Å². The molecule has 3 heterocycles. The topological polar surface area (TPSA) is 53.1 Å². The Hall–Kier alpha value is -1.36. The highest BCUT2D eigenvalue weighted by molar-refractivity contribution is 5.70. The molecule has 0 saturated carbocycles. The summed E-state index contributed by atoms with van der Waals surface area (Å²) < 4.78 is 0. The maximum absolute atomic E-state index is 4.22. The highest BCUT2D eigenvalue weighted by Crippen LogP contribution is 2.31. The number of nitrogens with one attached hydrogen (secondary N) is 2. The van der Waals surface area contributed by atoms with Gasteiger partial charge < -0.3 is 15.5 Å². The first-order chi connectivity index (χ1) is 7.45. The molecule has 1 fully saturated rings. The first kappa shape index (κ1) is 8.91. The van der Waals surface area contributed by atoms with E-state index in [9.17, 15) is 0 Å². The second-order valence-corrected chi connectivity index (χ2v) is 4.04. The Kier molecular flexibility index (Phi) is 2.17. The zero-order valence-corrected chi connectivity index (χ0v) is 8.61. The number of hydrogen-bond acceptors (Lipinski definition) is 5. The van der Waals surface area contributed by atoms with Crippen molar-refractivity contribution in [2.24, 2.45) is 0 Å². The molecule has 0 atom stereocenters. The number of rotatable bonds is 1. The largest absolute Gasteiger partial charge is 0.351 e. The van der Waals surface area contributed by atoms with E-state index in [1.54, 1.807) is 6.33 Å². The van der Waals surface area contributed by atoms with Crippen LogP contribution in [0.25, 0.3) is 0 Å². The van der Waals surface area contributed by atoms with Crippen molar-refractivity contribution in [3.8, 4) is 0 Å². The van der Waals surface area contributed by atoms with Crippen LogP contribution in [0.1, 0.15) is 12.8 Å². The van der Waals surface area contributed by atoms with E-state index in [1.165, 1.54) is 12.8 Å². The second kappa shape index (κ2) is 3.66. The van der Waals surface area contributed by atoms with Crippen molar-refractivity contribution in [3.63, 3.8) is 0 Å². The Balaban J connectivity index is 1.83. The van der Waals surface area contributed by atoms with E-state index >= 15 is 0 Å². The second-order valence-electron chi connectivity index (χ2n) is 4.04. The fraction of sp³-hybridized carbons (Fsp3) is 0.600. The molecule has 0 radical (unpaired) electrons. The molecule has 5 heteroatoms. The molecule has 1 aromatic heterocycles. The van der Waals surface area contributed by atoms with Gasteiger partial charge in [0.25, 0.3) is 0 Å². The molecule has 2 N–H and O–H groups in total. The molecule has 1 saturated heterocycles. The Bertz CT molecular complexity index is 347. The maximum Gasteiger partial charge on any atom is 0.154 e. The van der Waals surface area contributed by atoms with Crippen LogP contribution in [-0.4, -0.2) is 35.8 Å². The van der Waals surface area contributed by atoms with E-state index in [4.69, 9.17) is 0 Å². The Morgan fingerprint density at radius 3 is 3.07 bits per heavy atom. The average molecular weight is 205 g/mol. The summed E-state index contributed by atoms with van der Waals surface area (Å²) in [6.07, 6.45) is 5.91. The Labute approximate surface area is 88.9 Å². The van der Waals surface area contributed by atoms with Crippen molar-refractivity contribution in [3.05, 3.63) is 12.5 Å². The lowest BCUT2D eigenvalue weighted by molar-refractivity contribution is 0.438. The molecule has 0 spiro atoms. The Morgan fingerprint density at radius 1 is 1.33 bits per heavy atom. The number of hydrogen-bond donors (Lipinski definition) is 2. The maximum atomic E-state index is 4.22. The van der Waals surface area contributed by atoms with E-state index in [0.29, 0.717) is 6.04 Å². The van der Waals surface area contributed by atoms with Gasteiger partial charge in [0.2, 0.25) is 0 Å². The van der Waals surface area contributed by atoms with Gasteiger partial charge in [-0.1, -0.05) is 0 Å². The summed E-state index contributed by atoms with van der Waals surface area (Å²) in [4.78, 5) is 10.7. The van der Waals surface area contributed by atoms with Gasteiger partial charge in [0.05, 0.1) is 12.9 Å². The van der Waals surface area contributed by atoms with Gasteiger partial charge >= 0.3 is 0 Å². The van der Waals surface area contributed by atoms with Crippen molar-refractivity contribution < 1.29 is 0 Å². The van der Waals surface area contributed by atoms with E-state index in [1.807, 2.05) is 6.20 Å². The number of piperidine rings is 1. The SMILES string of the molecule is c1ncc2c(n1)NCN2C1CCNCC1. The van der Waals surface area contributed by atoms with Crippen LogP contribution in [0, 0.1) is 0 Å². The lowest BCUT2D eigenvalue weighted by Crippen LogP contribution is -2.43. The van der Waals surface area contributed by atoms with Crippen LogP contribution in [0.2, 0.25) is 0 Å². The molecule has 1 aromatic rings. The predicted molar refractivity (Wildman–Crippen MR) is 58.9 cm³/mol. The summed E-state index contributed by atoms with van der Waals surface area (Å²) >= 11 is 0. The lowest BCUT2D eigenvalue weighted by atomic mass is 10.1. The fourth-order valence-electron chi connectivity index (χ4n) is 2.36. The molecule has 2 aliphatic heterocycles. The highest BCUT2D eigenvalue weighted by atomic mass is 15.3. The van der Waals surface area contributed by atoms with Gasteiger partial charge in [-0.3, -0.25) is 0 Å². The van der Waals surface area contributed by atoms with Crippen molar-refractivity contribution in [2.45, 2.75) is 18.9 Å². The summed E-state index contributed by atoms with van der Waals surface area (Å²) in [7, 11) is 0. The van der Waals surface area contributed by atoms with E-state index in [2.05, 4.69) is 25.5 Å². The van der Waals surface area contributed by atoms with Gasteiger partial charge in [0.1, 0.15) is 12.0 Å². The molecule has 5 nitrogen and oxygen atoms in total. The summed E-state index contributed by atoms with van der Waals surface area (Å²) in [5.74, 6) is 0.975. The van der Waals surface area contributed by atoms with Crippen LogP contribution in [0.5, 0.6) is 0 Å². The third-order valence-corrected chi connectivity index (χ3v) is 3.17. The quantitative estimate of drug-likeness (QED) is 0.696. The van der Waals surface area contributed by atoms with Gasteiger partial charge in [-0.25, -0.2) is 9.97 Å². The van der Waals surface area contributed by atoms with E-state index in [-0.39, 0.29) is 0 Å². The van der Waals surface area contributed by atoms with E-state index in [0.717, 1.165) is 31.3 Å². The first-order valence-electron chi connectivity index (χ1n) is 5.46. The molecule has 0 amide bonds. The summed E-state index contributed by atoms with van der Waals surface area (Å²) in [5.41, 5.74) is 1.16.